The van der Waals surface area contributed by atoms with E-state index in [-0.39, 0.29) is 11.8 Å². The maximum atomic E-state index is 10.3. The summed E-state index contributed by atoms with van der Waals surface area (Å²) in [5.41, 5.74) is 0. The highest BCUT2D eigenvalue weighted by molar-refractivity contribution is 5.97. The molecule has 1 aliphatic heterocycles. The largest absolute Gasteiger partial charge is 0.296 e. The van der Waals surface area contributed by atoms with E-state index in [0.717, 1.165) is 0 Å². The van der Waals surface area contributed by atoms with Crippen LogP contribution in [0.2, 0.25) is 0 Å². The lowest BCUT2D eigenvalue weighted by Crippen LogP contribution is -2.33. The van der Waals surface area contributed by atoms with Crippen molar-refractivity contribution in [1.82, 2.24) is 5.32 Å². The van der Waals surface area contributed by atoms with Gasteiger partial charge in [0.25, 0.3) is 0 Å². The molecule has 0 saturated carbocycles. The Labute approximate surface area is 74.5 Å². The number of piperidine rings is 1. The molecule has 0 aromatic heterocycles. The highest BCUT2D eigenvalue weighted by Gasteiger charge is 2.12. The lowest BCUT2D eigenvalue weighted by molar-refractivity contribution is -0.132. The molecule has 0 atom stereocenters. The number of nitrogens with one attached hydrogen (secondary N) is 1. The third-order valence-electron chi connectivity index (χ3n) is 1.09. The quantitative estimate of drug-likeness (QED) is 0.568. The van der Waals surface area contributed by atoms with Gasteiger partial charge in [0.2, 0.25) is 11.8 Å². The van der Waals surface area contributed by atoms with E-state index in [1.165, 1.54) is 0 Å². The molecule has 0 aromatic carbocycles. The summed E-state index contributed by atoms with van der Waals surface area (Å²) in [7, 11) is 0. The van der Waals surface area contributed by atoms with Crippen molar-refractivity contribution in [2.24, 2.45) is 0 Å². The third kappa shape index (κ3) is 7.25. The lowest BCUT2D eigenvalue weighted by Gasteiger charge is -2.07. The predicted octanol–water partition coefficient (Wildman–Crippen LogP) is 1.87. The summed E-state index contributed by atoms with van der Waals surface area (Å²) in [6.45, 7) is 8.00. The van der Waals surface area contributed by atoms with Gasteiger partial charge in [0.1, 0.15) is 0 Å². The van der Waals surface area contributed by atoms with E-state index >= 15 is 0 Å². The molecule has 1 fully saturated rings. The van der Waals surface area contributed by atoms with Gasteiger partial charge in [-0.25, -0.2) is 0 Å². The van der Waals surface area contributed by atoms with Crippen molar-refractivity contribution in [3.63, 3.8) is 0 Å². The Morgan fingerprint density at radius 2 is 1.25 bits per heavy atom. The minimum Gasteiger partial charge on any atom is -0.296 e. The molecule has 0 bridgehead atoms. The minimum atomic E-state index is -0.138. The van der Waals surface area contributed by atoms with Crippen LogP contribution in [0.4, 0.5) is 0 Å². The van der Waals surface area contributed by atoms with Crippen LogP contribution in [0.3, 0.4) is 0 Å². The van der Waals surface area contributed by atoms with Crippen LogP contribution in [-0.4, -0.2) is 11.8 Å². The molecule has 3 heteroatoms. The van der Waals surface area contributed by atoms with Gasteiger partial charge in [0, 0.05) is 12.8 Å². The van der Waals surface area contributed by atoms with Crippen LogP contribution in [-0.2, 0) is 9.59 Å². The van der Waals surface area contributed by atoms with Crippen LogP contribution in [0.5, 0.6) is 0 Å². The van der Waals surface area contributed by atoms with Crippen molar-refractivity contribution >= 4 is 11.8 Å². The molecule has 1 N–H and O–H groups in total. The third-order valence-corrected chi connectivity index (χ3v) is 1.09. The van der Waals surface area contributed by atoms with Crippen LogP contribution < -0.4 is 5.32 Å². The molecule has 1 rings (SSSR count). The van der Waals surface area contributed by atoms with Crippen LogP contribution in [0.15, 0.2) is 0 Å². The van der Waals surface area contributed by atoms with E-state index < -0.39 is 0 Å². The highest BCUT2D eigenvalue weighted by atomic mass is 16.2. The van der Waals surface area contributed by atoms with Crippen molar-refractivity contribution in [3.8, 4) is 0 Å². The molecule has 0 radical (unpaired) electrons. The second-order valence-electron chi connectivity index (χ2n) is 1.82. The Bertz CT molecular complexity index is 118. The molecule has 72 valence electrons. The van der Waals surface area contributed by atoms with Crippen molar-refractivity contribution in [3.05, 3.63) is 0 Å². The first-order chi connectivity index (χ1) is 5.79. The number of rotatable bonds is 0. The predicted molar refractivity (Wildman–Crippen MR) is 49.7 cm³/mol. The van der Waals surface area contributed by atoms with E-state index in [9.17, 15) is 9.59 Å². The normalized spacial score (nSPS) is 14.7. The summed E-state index contributed by atoms with van der Waals surface area (Å²) >= 11 is 0. The molecular weight excluding hydrogens is 154 g/mol. The Balaban J connectivity index is 0. The van der Waals surface area contributed by atoms with Gasteiger partial charge in [-0.15, -0.1) is 0 Å². The average molecular weight is 173 g/mol. The van der Waals surface area contributed by atoms with Crippen molar-refractivity contribution < 1.29 is 9.59 Å². The minimum absolute atomic E-state index is 0.138. The zero-order valence-corrected chi connectivity index (χ0v) is 8.44. The summed E-state index contributed by atoms with van der Waals surface area (Å²) in [6, 6.07) is 0. The second kappa shape index (κ2) is 10.1. The first-order valence-electron chi connectivity index (χ1n) is 4.62. The van der Waals surface area contributed by atoms with Crippen molar-refractivity contribution in [2.45, 2.75) is 47.0 Å². The van der Waals surface area contributed by atoms with Gasteiger partial charge in [-0.3, -0.25) is 14.9 Å². The van der Waals surface area contributed by atoms with E-state index in [2.05, 4.69) is 5.32 Å². The van der Waals surface area contributed by atoms with Crippen LogP contribution in [0.1, 0.15) is 47.0 Å². The topological polar surface area (TPSA) is 46.2 Å². The molecule has 1 saturated heterocycles. The summed E-state index contributed by atoms with van der Waals surface area (Å²) in [5.74, 6) is -0.275. The Kier molecular flexibility index (Phi) is 11.6. The molecule has 0 aliphatic carbocycles. The first kappa shape index (κ1) is 13.7. The standard InChI is InChI=1S/C5H7NO2.2C2H6/c7-4-2-1-3-5(8)6-4;2*1-2/h1-3H2,(H,6,7,8);2*1-2H3. The van der Waals surface area contributed by atoms with Gasteiger partial charge in [0.15, 0.2) is 0 Å². The van der Waals surface area contributed by atoms with Gasteiger partial charge < -0.3 is 0 Å². The number of hydrogen-bond acceptors (Lipinski definition) is 2. The molecule has 12 heavy (non-hydrogen) atoms. The van der Waals surface area contributed by atoms with Crippen LogP contribution in [0.25, 0.3) is 0 Å². The van der Waals surface area contributed by atoms with Gasteiger partial charge in [-0.05, 0) is 6.42 Å². The van der Waals surface area contributed by atoms with Crippen LogP contribution in [0, 0.1) is 0 Å². The highest BCUT2D eigenvalue weighted by Crippen LogP contribution is 2.00. The molecule has 1 aliphatic rings. The molecule has 0 aromatic rings. The molecule has 1 heterocycles. The van der Waals surface area contributed by atoms with Gasteiger partial charge in [-0.2, -0.15) is 0 Å². The Morgan fingerprint density at radius 3 is 1.42 bits per heavy atom. The molecular formula is C9H19NO2. The second-order valence-corrected chi connectivity index (χ2v) is 1.82. The molecule has 2 amide bonds. The summed E-state index contributed by atoms with van der Waals surface area (Å²) in [6.07, 6.45) is 1.72. The van der Waals surface area contributed by atoms with E-state index in [1.54, 1.807) is 0 Å². The lowest BCUT2D eigenvalue weighted by atomic mass is 10.1. The van der Waals surface area contributed by atoms with Crippen molar-refractivity contribution in [1.29, 1.82) is 0 Å². The average Bonchev–Trinajstić information content (AvgIpc) is 2.11. The smallest absolute Gasteiger partial charge is 0.226 e. The van der Waals surface area contributed by atoms with Crippen LogP contribution >= 0.6 is 0 Å². The summed E-state index contributed by atoms with van der Waals surface area (Å²) < 4.78 is 0. The monoisotopic (exact) mass is 173 g/mol. The van der Waals surface area contributed by atoms with E-state index in [4.69, 9.17) is 0 Å². The van der Waals surface area contributed by atoms with E-state index in [0.29, 0.717) is 19.3 Å². The number of amides is 2. The summed E-state index contributed by atoms with van der Waals surface area (Å²) in [5, 5.41) is 2.20. The Hall–Kier alpha value is -0.860. The summed E-state index contributed by atoms with van der Waals surface area (Å²) in [4.78, 5) is 20.7. The van der Waals surface area contributed by atoms with Gasteiger partial charge in [-0.1, -0.05) is 27.7 Å². The SMILES string of the molecule is CC.CC.O=C1CCCC(=O)N1. The Morgan fingerprint density at radius 1 is 0.917 bits per heavy atom. The zero-order chi connectivity index (χ0) is 9.98. The zero-order valence-electron chi connectivity index (χ0n) is 8.44. The fourth-order valence-corrected chi connectivity index (χ4v) is 0.690. The maximum absolute atomic E-state index is 10.3. The fraction of sp³-hybridized carbons (Fsp3) is 0.778. The van der Waals surface area contributed by atoms with Crippen molar-refractivity contribution in [2.75, 3.05) is 0 Å². The van der Waals surface area contributed by atoms with Gasteiger partial charge >= 0.3 is 0 Å². The number of imide groups is 1. The maximum Gasteiger partial charge on any atom is 0.226 e. The first-order valence-corrected chi connectivity index (χ1v) is 4.62. The molecule has 3 nitrogen and oxygen atoms in total. The van der Waals surface area contributed by atoms with Gasteiger partial charge in [0.05, 0.1) is 0 Å². The number of carbonyl (C=O) groups is 2. The number of carbonyl (C=O) groups excluding carboxylic acids is 2. The molecule has 0 unspecified atom stereocenters. The molecule has 0 spiro atoms. The number of hydrogen-bond donors (Lipinski definition) is 1. The fourth-order valence-electron chi connectivity index (χ4n) is 0.690. The van der Waals surface area contributed by atoms with E-state index in [1.807, 2.05) is 27.7 Å².